The van der Waals surface area contributed by atoms with Gasteiger partial charge in [0, 0.05) is 21.7 Å². The van der Waals surface area contributed by atoms with E-state index in [4.69, 9.17) is 0 Å². The van der Waals surface area contributed by atoms with Crippen molar-refractivity contribution in [3.63, 3.8) is 0 Å². The highest BCUT2D eigenvalue weighted by Gasteiger charge is 2.16. The molecule has 128 valence electrons. The highest BCUT2D eigenvalue weighted by Crippen LogP contribution is 2.40. The van der Waals surface area contributed by atoms with Crippen molar-refractivity contribution < 1.29 is 0 Å². The molecular formula is C21H14N6. The number of nitrogens with one attached hydrogen (secondary N) is 3. The molecule has 3 N–H and O–H groups in total. The van der Waals surface area contributed by atoms with E-state index < -0.39 is 0 Å². The van der Waals surface area contributed by atoms with E-state index in [1.807, 2.05) is 24.7 Å². The Labute approximate surface area is 153 Å². The molecule has 6 aromatic rings. The van der Waals surface area contributed by atoms with Crippen LogP contribution in [-0.2, 0) is 0 Å². The molecule has 0 spiro atoms. The Bertz CT molecular complexity index is 1440. The van der Waals surface area contributed by atoms with E-state index in [9.17, 15) is 0 Å². The van der Waals surface area contributed by atoms with Crippen molar-refractivity contribution in [2.45, 2.75) is 0 Å². The summed E-state index contributed by atoms with van der Waals surface area (Å²) < 4.78 is 0. The number of benzene rings is 3. The van der Waals surface area contributed by atoms with Gasteiger partial charge in [0.2, 0.25) is 0 Å². The lowest BCUT2D eigenvalue weighted by molar-refractivity contribution is 1.12. The monoisotopic (exact) mass is 350 g/mol. The lowest BCUT2D eigenvalue weighted by Crippen LogP contribution is -1.88. The quantitative estimate of drug-likeness (QED) is 0.425. The zero-order valence-corrected chi connectivity index (χ0v) is 14.2. The van der Waals surface area contributed by atoms with E-state index in [0.29, 0.717) is 0 Å². The van der Waals surface area contributed by atoms with Gasteiger partial charge >= 0.3 is 0 Å². The zero-order valence-electron chi connectivity index (χ0n) is 14.2. The highest BCUT2D eigenvalue weighted by atomic mass is 15.1. The molecule has 0 saturated carbocycles. The fraction of sp³-hybridized carbons (Fsp3) is 0. The molecule has 0 amide bonds. The van der Waals surface area contributed by atoms with Crippen molar-refractivity contribution in [3.05, 3.63) is 67.1 Å². The Hall–Kier alpha value is -3.93. The maximum atomic E-state index is 4.26. The molecule has 0 radical (unpaired) electrons. The molecule has 6 rings (SSSR count). The average Bonchev–Trinajstić information content (AvgIpc) is 3.45. The second-order valence-corrected chi connectivity index (χ2v) is 6.63. The Morgan fingerprint density at radius 3 is 2.26 bits per heavy atom. The minimum absolute atomic E-state index is 1.01. The predicted molar refractivity (Wildman–Crippen MR) is 106 cm³/mol. The predicted octanol–water partition coefficient (Wildman–Crippen LogP) is 4.65. The smallest absolute Gasteiger partial charge is 0.0657 e. The molecule has 3 aromatic heterocycles. The van der Waals surface area contributed by atoms with Gasteiger partial charge in [-0.05, 0) is 41.0 Å². The van der Waals surface area contributed by atoms with Crippen LogP contribution in [0.15, 0.2) is 67.1 Å². The normalized spacial score (nSPS) is 11.7. The summed E-state index contributed by atoms with van der Waals surface area (Å²) in [5, 5.41) is 25.1. The van der Waals surface area contributed by atoms with Crippen molar-refractivity contribution in [1.29, 1.82) is 0 Å². The van der Waals surface area contributed by atoms with Crippen molar-refractivity contribution in [3.8, 4) is 22.3 Å². The van der Waals surface area contributed by atoms with Gasteiger partial charge in [0.25, 0.3) is 0 Å². The summed E-state index contributed by atoms with van der Waals surface area (Å²) in [5.41, 5.74) is 7.64. The lowest BCUT2D eigenvalue weighted by atomic mass is 9.90. The first-order valence-electron chi connectivity index (χ1n) is 8.70. The van der Waals surface area contributed by atoms with E-state index in [0.717, 1.165) is 55.0 Å². The largest absolute Gasteiger partial charge is 0.278 e. The van der Waals surface area contributed by atoms with Gasteiger partial charge in [0.05, 0.1) is 35.1 Å². The van der Waals surface area contributed by atoms with Gasteiger partial charge in [-0.25, -0.2) is 0 Å². The second-order valence-electron chi connectivity index (χ2n) is 6.63. The van der Waals surface area contributed by atoms with Crippen LogP contribution in [-0.4, -0.2) is 30.6 Å². The maximum absolute atomic E-state index is 4.26. The molecule has 6 nitrogen and oxygen atoms in total. The Morgan fingerprint density at radius 1 is 0.593 bits per heavy atom. The van der Waals surface area contributed by atoms with Gasteiger partial charge in [0.15, 0.2) is 0 Å². The molecule has 0 aliphatic carbocycles. The standard InChI is InChI=1S/C21H14N6/c1-2-14(16-10-23-26-19(16)3-1)15-5-7-20-17(11-24-27-20)21(15)12-4-6-18-13(8-12)9-22-25-18/h1-11H,(H,22,25)(H,23,26)(H,24,27). The first-order chi connectivity index (χ1) is 13.4. The van der Waals surface area contributed by atoms with Crippen LogP contribution in [0.1, 0.15) is 0 Å². The molecule has 3 heterocycles. The van der Waals surface area contributed by atoms with Crippen LogP contribution >= 0.6 is 0 Å². The van der Waals surface area contributed by atoms with Crippen LogP contribution in [0.2, 0.25) is 0 Å². The third-order valence-corrected chi connectivity index (χ3v) is 5.13. The number of rotatable bonds is 2. The summed E-state index contributed by atoms with van der Waals surface area (Å²) in [5.74, 6) is 0. The molecule has 0 bridgehead atoms. The van der Waals surface area contributed by atoms with Crippen molar-refractivity contribution in [2.75, 3.05) is 0 Å². The highest BCUT2D eigenvalue weighted by molar-refractivity contribution is 6.08. The molecule has 0 saturated heterocycles. The van der Waals surface area contributed by atoms with Crippen LogP contribution in [0, 0.1) is 0 Å². The first kappa shape index (κ1) is 14.3. The Morgan fingerprint density at radius 2 is 1.33 bits per heavy atom. The topological polar surface area (TPSA) is 86.0 Å². The number of hydrogen-bond donors (Lipinski definition) is 3. The van der Waals surface area contributed by atoms with Gasteiger partial charge in [-0.15, -0.1) is 0 Å². The molecule has 6 heteroatoms. The number of nitrogens with zero attached hydrogens (tertiary/aromatic N) is 3. The van der Waals surface area contributed by atoms with Crippen LogP contribution < -0.4 is 0 Å². The summed E-state index contributed by atoms with van der Waals surface area (Å²) in [7, 11) is 0. The van der Waals surface area contributed by atoms with Gasteiger partial charge in [-0.1, -0.05) is 24.3 Å². The van der Waals surface area contributed by atoms with E-state index >= 15 is 0 Å². The Kier molecular flexibility index (Phi) is 2.79. The number of fused-ring (bicyclic) bond motifs is 3. The minimum Gasteiger partial charge on any atom is -0.278 e. The van der Waals surface area contributed by atoms with E-state index in [2.05, 4.69) is 73.1 Å². The van der Waals surface area contributed by atoms with Gasteiger partial charge in [-0.3, -0.25) is 15.3 Å². The summed E-state index contributed by atoms with van der Waals surface area (Å²) in [6.07, 6.45) is 5.63. The fourth-order valence-electron chi connectivity index (χ4n) is 3.85. The van der Waals surface area contributed by atoms with Crippen LogP contribution in [0.5, 0.6) is 0 Å². The van der Waals surface area contributed by atoms with Gasteiger partial charge in [0.1, 0.15) is 0 Å². The summed E-state index contributed by atoms with van der Waals surface area (Å²) in [6.45, 7) is 0. The van der Waals surface area contributed by atoms with E-state index in [1.165, 1.54) is 0 Å². The Balaban J connectivity index is 1.73. The van der Waals surface area contributed by atoms with Crippen molar-refractivity contribution in [1.82, 2.24) is 30.6 Å². The lowest BCUT2D eigenvalue weighted by Gasteiger charge is -2.13. The number of aromatic amines is 3. The number of aromatic nitrogens is 6. The summed E-state index contributed by atoms with van der Waals surface area (Å²) in [6, 6.07) is 16.8. The average molecular weight is 350 g/mol. The molecule has 0 unspecified atom stereocenters. The molecule has 3 aromatic carbocycles. The number of H-pyrrole nitrogens is 3. The molecule has 0 aliphatic heterocycles. The minimum atomic E-state index is 1.01. The molecule has 0 aliphatic rings. The summed E-state index contributed by atoms with van der Waals surface area (Å²) >= 11 is 0. The summed E-state index contributed by atoms with van der Waals surface area (Å²) in [4.78, 5) is 0. The second kappa shape index (κ2) is 5.28. The van der Waals surface area contributed by atoms with Crippen LogP contribution in [0.3, 0.4) is 0 Å². The van der Waals surface area contributed by atoms with E-state index in [-0.39, 0.29) is 0 Å². The third-order valence-electron chi connectivity index (χ3n) is 5.13. The molecule has 0 fully saturated rings. The zero-order chi connectivity index (χ0) is 17.8. The van der Waals surface area contributed by atoms with Gasteiger partial charge < -0.3 is 0 Å². The first-order valence-corrected chi connectivity index (χ1v) is 8.70. The van der Waals surface area contributed by atoms with Crippen LogP contribution in [0.25, 0.3) is 55.0 Å². The maximum Gasteiger partial charge on any atom is 0.0657 e. The van der Waals surface area contributed by atoms with Crippen molar-refractivity contribution >= 4 is 32.7 Å². The molecular weight excluding hydrogens is 336 g/mol. The fourth-order valence-corrected chi connectivity index (χ4v) is 3.85. The number of hydrogen-bond acceptors (Lipinski definition) is 3. The van der Waals surface area contributed by atoms with Crippen LogP contribution in [0.4, 0.5) is 0 Å². The SMILES string of the molecule is c1cc(-c2ccc3[nH]ncc3c2-c2ccc3[nH]ncc3c2)c2cn[nH]c2c1. The third kappa shape index (κ3) is 2.04. The molecule has 27 heavy (non-hydrogen) atoms. The van der Waals surface area contributed by atoms with E-state index in [1.54, 1.807) is 0 Å². The van der Waals surface area contributed by atoms with Crippen molar-refractivity contribution in [2.24, 2.45) is 0 Å². The molecule has 0 atom stereocenters. The van der Waals surface area contributed by atoms with Gasteiger partial charge in [-0.2, -0.15) is 15.3 Å².